The van der Waals surface area contributed by atoms with E-state index in [9.17, 15) is 4.79 Å². The summed E-state index contributed by atoms with van der Waals surface area (Å²) in [6.45, 7) is 2.18. The lowest BCUT2D eigenvalue weighted by Crippen LogP contribution is -2.10. The second-order valence-electron chi connectivity index (χ2n) is 3.79. The van der Waals surface area contributed by atoms with Crippen LogP contribution in [0.15, 0.2) is 35.7 Å². The van der Waals surface area contributed by atoms with Gasteiger partial charge in [0.05, 0.1) is 0 Å². The lowest BCUT2D eigenvalue weighted by Gasteiger charge is -2.12. The Kier molecular flexibility index (Phi) is 4.07. The van der Waals surface area contributed by atoms with Crippen LogP contribution in [0.2, 0.25) is 0 Å². The molecule has 1 aromatic carbocycles. The lowest BCUT2D eigenvalue weighted by atomic mass is 10.1. The zero-order chi connectivity index (χ0) is 13.0. The highest BCUT2D eigenvalue weighted by Gasteiger charge is 2.16. The van der Waals surface area contributed by atoms with Crippen LogP contribution in [0, 0.1) is 0 Å². The Hall–Kier alpha value is -1.72. The van der Waals surface area contributed by atoms with Gasteiger partial charge in [-0.2, -0.15) is 0 Å². The van der Waals surface area contributed by atoms with Crippen LogP contribution < -0.4 is 5.73 Å². The topological polar surface area (TPSA) is 65.2 Å². The van der Waals surface area contributed by atoms with Gasteiger partial charge in [0.2, 0.25) is 0 Å². The highest BCUT2D eigenvalue weighted by Crippen LogP contribution is 2.19. The van der Waals surface area contributed by atoms with Crippen molar-refractivity contribution in [2.75, 3.05) is 0 Å². The molecule has 0 amide bonds. The largest absolute Gasteiger partial charge is 0.453 e. The van der Waals surface area contributed by atoms with Crippen LogP contribution >= 0.6 is 11.3 Å². The summed E-state index contributed by atoms with van der Waals surface area (Å²) in [5, 5.41) is 2.40. The SMILES string of the molecule is CC(OC(=O)c1csc(CN)n1)c1ccccc1. The highest BCUT2D eigenvalue weighted by atomic mass is 32.1. The monoisotopic (exact) mass is 262 g/mol. The number of carbonyl (C=O) groups excluding carboxylic acids is 1. The third-order valence-electron chi connectivity index (χ3n) is 2.49. The maximum Gasteiger partial charge on any atom is 0.358 e. The maximum atomic E-state index is 11.8. The molecule has 1 atom stereocenters. The first-order valence-corrected chi connectivity index (χ1v) is 6.49. The molecule has 5 heteroatoms. The Bertz CT molecular complexity index is 525. The van der Waals surface area contributed by atoms with Gasteiger partial charge in [-0.1, -0.05) is 30.3 Å². The summed E-state index contributed by atoms with van der Waals surface area (Å²) < 4.78 is 5.34. The van der Waals surface area contributed by atoms with Crippen molar-refractivity contribution in [1.29, 1.82) is 0 Å². The number of hydrogen-bond acceptors (Lipinski definition) is 5. The van der Waals surface area contributed by atoms with Gasteiger partial charge in [-0.15, -0.1) is 11.3 Å². The number of rotatable bonds is 4. The summed E-state index contributed by atoms with van der Waals surface area (Å²) in [6, 6.07) is 9.59. The number of carbonyl (C=O) groups is 1. The predicted molar refractivity (Wildman–Crippen MR) is 70.3 cm³/mol. The first-order valence-electron chi connectivity index (χ1n) is 5.61. The molecule has 0 fully saturated rings. The molecule has 1 heterocycles. The van der Waals surface area contributed by atoms with Crippen LogP contribution in [0.1, 0.15) is 34.1 Å². The predicted octanol–water partition coefficient (Wildman–Crippen LogP) is 2.52. The molecule has 0 saturated carbocycles. The Morgan fingerprint density at radius 1 is 1.44 bits per heavy atom. The Balaban J connectivity index is 2.03. The van der Waals surface area contributed by atoms with Gasteiger partial charge in [0.15, 0.2) is 5.69 Å². The van der Waals surface area contributed by atoms with Gasteiger partial charge in [-0.05, 0) is 12.5 Å². The van der Waals surface area contributed by atoms with E-state index in [4.69, 9.17) is 10.5 Å². The van der Waals surface area contributed by atoms with Gasteiger partial charge in [0.1, 0.15) is 11.1 Å². The molecule has 18 heavy (non-hydrogen) atoms. The first kappa shape index (κ1) is 12.7. The van der Waals surface area contributed by atoms with Crippen molar-refractivity contribution in [1.82, 2.24) is 4.98 Å². The van der Waals surface area contributed by atoms with Gasteiger partial charge < -0.3 is 10.5 Å². The zero-order valence-corrected chi connectivity index (χ0v) is 10.8. The third-order valence-corrected chi connectivity index (χ3v) is 3.36. The average Bonchev–Trinajstić information content (AvgIpc) is 2.88. The van der Waals surface area contributed by atoms with Crippen LogP contribution in [0.25, 0.3) is 0 Å². The smallest absolute Gasteiger partial charge is 0.358 e. The molecule has 2 N–H and O–H groups in total. The first-order chi connectivity index (χ1) is 8.70. The van der Waals surface area contributed by atoms with Crippen molar-refractivity contribution < 1.29 is 9.53 Å². The normalized spacial score (nSPS) is 12.1. The van der Waals surface area contributed by atoms with Crippen molar-refractivity contribution in [3.05, 3.63) is 52.0 Å². The molecule has 2 aromatic rings. The molecule has 0 spiro atoms. The molecule has 4 nitrogen and oxygen atoms in total. The van der Waals surface area contributed by atoms with E-state index >= 15 is 0 Å². The fourth-order valence-corrected chi connectivity index (χ4v) is 2.16. The second-order valence-corrected chi connectivity index (χ2v) is 4.73. The minimum atomic E-state index is -0.415. The van der Waals surface area contributed by atoms with E-state index in [0.717, 1.165) is 10.6 Å². The molecule has 2 rings (SSSR count). The molecule has 0 aliphatic rings. The molecular weight excluding hydrogens is 248 g/mol. The summed E-state index contributed by atoms with van der Waals surface area (Å²) in [4.78, 5) is 15.9. The Morgan fingerprint density at radius 2 is 2.17 bits per heavy atom. The molecule has 0 saturated heterocycles. The Morgan fingerprint density at radius 3 is 2.78 bits per heavy atom. The second kappa shape index (κ2) is 5.75. The van der Waals surface area contributed by atoms with E-state index in [0.29, 0.717) is 12.2 Å². The van der Waals surface area contributed by atoms with Crippen molar-refractivity contribution in [2.24, 2.45) is 5.73 Å². The number of nitrogens with zero attached hydrogens (tertiary/aromatic N) is 1. The highest BCUT2D eigenvalue weighted by molar-refractivity contribution is 7.09. The average molecular weight is 262 g/mol. The van der Waals surface area contributed by atoms with E-state index in [1.807, 2.05) is 37.3 Å². The third kappa shape index (κ3) is 2.94. The maximum absolute atomic E-state index is 11.8. The fourth-order valence-electron chi connectivity index (χ4n) is 1.51. The van der Waals surface area contributed by atoms with Crippen molar-refractivity contribution >= 4 is 17.3 Å². The van der Waals surface area contributed by atoms with Crippen LogP contribution in [0.5, 0.6) is 0 Å². The number of benzene rings is 1. The number of nitrogens with two attached hydrogens (primary N) is 1. The molecule has 1 aromatic heterocycles. The van der Waals surface area contributed by atoms with Crippen LogP contribution in [-0.2, 0) is 11.3 Å². The van der Waals surface area contributed by atoms with Crippen LogP contribution in [0.4, 0.5) is 0 Å². The van der Waals surface area contributed by atoms with E-state index < -0.39 is 5.97 Å². The van der Waals surface area contributed by atoms with Crippen LogP contribution in [0.3, 0.4) is 0 Å². The van der Waals surface area contributed by atoms with Gasteiger partial charge in [-0.25, -0.2) is 9.78 Å². The molecule has 0 radical (unpaired) electrons. The van der Waals surface area contributed by atoms with E-state index in [1.165, 1.54) is 11.3 Å². The molecule has 0 aliphatic heterocycles. The number of hydrogen-bond donors (Lipinski definition) is 1. The molecule has 0 aliphatic carbocycles. The summed E-state index contributed by atoms with van der Waals surface area (Å²) >= 11 is 1.36. The van der Waals surface area contributed by atoms with E-state index in [2.05, 4.69) is 4.98 Å². The van der Waals surface area contributed by atoms with E-state index in [1.54, 1.807) is 5.38 Å². The summed E-state index contributed by atoms with van der Waals surface area (Å²) in [5.41, 5.74) is 6.73. The summed E-state index contributed by atoms with van der Waals surface area (Å²) in [7, 11) is 0. The van der Waals surface area contributed by atoms with Gasteiger partial charge in [0.25, 0.3) is 0 Å². The molecule has 94 valence electrons. The molecular formula is C13H14N2O2S. The number of aromatic nitrogens is 1. The summed E-state index contributed by atoms with van der Waals surface area (Å²) in [5.74, 6) is -0.415. The quantitative estimate of drug-likeness (QED) is 0.860. The molecule has 1 unspecified atom stereocenters. The van der Waals surface area contributed by atoms with Crippen molar-refractivity contribution in [2.45, 2.75) is 19.6 Å². The van der Waals surface area contributed by atoms with Crippen molar-refractivity contribution in [3.63, 3.8) is 0 Å². The lowest BCUT2D eigenvalue weighted by molar-refractivity contribution is 0.0331. The van der Waals surface area contributed by atoms with Gasteiger partial charge in [-0.3, -0.25) is 0 Å². The Labute approximate surface area is 109 Å². The number of ether oxygens (including phenoxy) is 1. The fraction of sp³-hybridized carbons (Fsp3) is 0.231. The number of esters is 1. The molecule has 0 bridgehead atoms. The van der Waals surface area contributed by atoms with E-state index in [-0.39, 0.29) is 6.10 Å². The van der Waals surface area contributed by atoms with Gasteiger partial charge >= 0.3 is 5.97 Å². The standard InChI is InChI=1S/C13H14N2O2S/c1-9(10-5-3-2-4-6-10)17-13(16)11-8-18-12(7-14)15-11/h2-6,8-9H,7,14H2,1H3. The minimum Gasteiger partial charge on any atom is -0.453 e. The summed E-state index contributed by atoms with van der Waals surface area (Å²) in [6.07, 6.45) is -0.290. The van der Waals surface area contributed by atoms with Gasteiger partial charge in [0, 0.05) is 11.9 Å². The van der Waals surface area contributed by atoms with Crippen molar-refractivity contribution in [3.8, 4) is 0 Å². The van der Waals surface area contributed by atoms with Crippen LogP contribution in [-0.4, -0.2) is 11.0 Å². The minimum absolute atomic E-state index is 0.290. The number of thiazole rings is 1. The zero-order valence-electron chi connectivity index (χ0n) is 10.00.